The topological polar surface area (TPSA) is 46.5 Å². The first-order valence-electron chi connectivity index (χ1n) is 5.33. The number of aryl methyl sites for hydroxylation is 1. The minimum Gasteiger partial charge on any atom is -0.481 e. The minimum atomic E-state index is -2.81. The van der Waals surface area contributed by atoms with Gasteiger partial charge in [-0.3, -0.25) is 4.79 Å². The van der Waals surface area contributed by atoms with Crippen LogP contribution in [0.3, 0.4) is 0 Å². The van der Waals surface area contributed by atoms with Crippen molar-refractivity contribution >= 4 is 5.97 Å². The highest BCUT2D eigenvalue weighted by molar-refractivity contribution is 5.66. The van der Waals surface area contributed by atoms with Crippen molar-refractivity contribution in [1.29, 1.82) is 0 Å². The second-order valence-electron chi connectivity index (χ2n) is 3.62. The summed E-state index contributed by atoms with van der Waals surface area (Å²) < 4.78 is 27.9. The summed E-state index contributed by atoms with van der Waals surface area (Å²) in [6.45, 7) is -2.81. The zero-order valence-corrected chi connectivity index (χ0v) is 9.23. The number of benzene rings is 1. The molecule has 0 spiro atoms. The standard InChI is InChI=1S/C12H14F2O3/c13-12(14)17-10-7-5-9(6-8-10)3-1-2-4-11(15)16/h5-8,12H,1-4H2,(H,15,16). The summed E-state index contributed by atoms with van der Waals surface area (Å²) in [4.78, 5) is 10.3. The number of hydrogen-bond donors (Lipinski definition) is 1. The van der Waals surface area contributed by atoms with E-state index in [1.165, 1.54) is 12.1 Å². The Morgan fingerprint density at radius 1 is 1.24 bits per heavy atom. The van der Waals surface area contributed by atoms with Crippen molar-refractivity contribution in [3.05, 3.63) is 29.8 Å². The van der Waals surface area contributed by atoms with Crippen LogP contribution in [0.15, 0.2) is 24.3 Å². The quantitative estimate of drug-likeness (QED) is 0.750. The predicted molar refractivity (Wildman–Crippen MR) is 58.3 cm³/mol. The zero-order chi connectivity index (χ0) is 12.7. The average Bonchev–Trinajstić information content (AvgIpc) is 2.25. The molecule has 0 heterocycles. The molecule has 0 aliphatic carbocycles. The van der Waals surface area contributed by atoms with Crippen LogP contribution >= 0.6 is 0 Å². The summed E-state index contributed by atoms with van der Waals surface area (Å²) in [6, 6.07) is 6.38. The molecule has 0 atom stereocenters. The van der Waals surface area contributed by atoms with E-state index < -0.39 is 12.6 Å². The summed E-state index contributed by atoms with van der Waals surface area (Å²) >= 11 is 0. The van der Waals surface area contributed by atoms with Gasteiger partial charge in [0, 0.05) is 6.42 Å². The lowest BCUT2D eigenvalue weighted by atomic mass is 10.1. The van der Waals surface area contributed by atoms with Crippen molar-refractivity contribution in [3.8, 4) is 5.75 Å². The fraction of sp³-hybridized carbons (Fsp3) is 0.417. The van der Waals surface area contributed by atoms with Crippen LogP contribution in [0.5, 0.6) is 5.75 Å². The highest BCUT2D eigenvalue weighted by atomic mass is 19.3. The summed E-state index contributed by atoms with van der Waals surface area (Å²) in [5.74, 6) is -0.667. The van der Waals surface area contributed by atoms with Gasteiger partial charge in [-0.2, -0.15) is 8.78 Å². The number of carboxylic acid groups (broad SMARTS) is 1. The largest absolute Gasteiger partial charge is 0.481 e. The number of ether oxygens (including phenoxy) is 1. The number of carboxylic acids is 1. The van der Waals surface area contributed by atoms with Crippen molar-refractivity contribution in [2.45, 2.75) is 32.3 Å². The third-order valence-electron chi connectivity index (χ3n) is 2.25. The number of aliphatic carboxylic acids is 1. The molecule has 0 bridgehead atoms. The van der Waals surface area contributed by atoms with Crippen molar-refractivity contribution in [2.75, 3.05) is 0 Å². The number of carbonyl (C=O) groups is 1. The molecule has 1 aromatic carbocycles. The van der Waals surface area contributed by atoms with Crippen LogP contribution in [-0.4, -0.2) is 17.7 Å². The Labute approximate surface area is 98.0 Å². The van der Waals surface area contributed by atoms with Crippen molar-refractivity contribution in [3.63, 3.8) is 0 Å². The van der Waals surface area contributed by atoms with Gasteiger partial charge < -0.3 is 9.84 Å². The van der Waals surface area contributed by atoms with Gasteiger partial charge >= 0.3 is 12.6 Å². The lowest BCUT2D eigenvalue weighted by molar-refractivity contribution is -0.137. The van der Waals surface area contributed by atoms with Gasteiger partial charge in [0.25, 0.3) is 0 Å². The van der Waals surface area contributed by atoms with E-state index in [1.807, 2.05) is 0 Å². The molecular weight excluding hydrogens is 230 g/mol. The number of hydrogen-bond acceptors (Lipinski definition) is 2. The Hall–Kier alpha value is -1.65. The van der Waals surface area contributed by atoms with Crippen LogP contribution in [0.4, 0.5) is 8.78 Å². The lowest BCUT2D eigenvalue weighted by Crippen LogP contribution is -2.01. The van der Waals surface area contributed by atoms with Gasteiger partial charge in [0.05, 0.1) is 0 Å². The van der Waals surface area contributed by atoms with Gasteiger partial charge in [0.2, 0.25) is 0 Å². The van der Waals surface area contributed by atoms with Crippen LogP contribution < -0.4 is 4.74 Å². The predicted octanol–water partition coefficient (Wildman–Crippen LogP) is 3.09. The average molecular weight is 244 g/mol. The molecule has 0 radical (unpaired) electrons. The highest BCUT2D eigenvalue weighted by Crippen LogP contribution is 2.16. The molecule has 0 saturated heterocycles. The second kappa shape index (κ2) is 6.83. The van der Waals surface area contributed by atoms with Crippen molar-refractivity contribution in [1.82, 2.24) is 0 Å². The molecule has 94 valence electrons. The van der Waals surface area contributed by atoms with Gasteiger partial charge in [-0.15, -0.1) is 0 Å². The van der Waals surface area contributed by atoms with Crippen LogP contribution in [0.1, 0.15) is 24.8 Å². The van der Waals surface area contributed by atoms with E-state index in [2.05, 4.69) is 4.74 Å². The van der Waals surface area contributed by atoms with Gasteiger partial charge in [0.15, 0.2) is 0 Å². The summed E-state index contributed by atoms with van der Waals surface area (Å²) in [6.07, 6.45) is 2.28. The maximum Gasteiger partial charge on any atom is 0.387 e. The molecule has 1 N–H and O–H groups in total. The summed E-state index contributed by atoms with van der Waals surface area (Å²) in [7, 11) is 0. The van der Waals surface area contributed by atoms with Gasteiger partial charge in [-0.1, -0.05) is 12.1 Å². The smallest absolute Gasteiger partial charge is 0.387 e. The Morgan fingerprint density at radius 3 is 2.41 bits per heavy atom. The van der Waals surface area contributed by atoms with E-state index in [9.17, 15) is 13.6 Å². The lowest BCUT2D eigenvalue weighted by Gasteiger charge is -2.05. The Morgan fingerprint density at radius 2 is 1.88 bits per heavy atom. The third-order valence-corrected chi connectivity index (χ3v) is 2.25. The molecular formula is C12H14F2O3. The number of unbranched alkanes of at least 4 members (excludes halogenated alkanes) is 1. The molecule has 3 nitrogen and oxygen atoms in total. The third kappa shape index (κ3) is 5.85. The fourth-order valence-electron chi connectivity index (χ4n) is 1.44. The Bertz CT molecular complexity index is 349. The van der Waals surface area contributed by atoms with E-state index in [-0.39, 0.29) is 12.2 Å². The minimum absolute atomic E-state index is 0.134. The van der Waals surface area contributed by atoms with E-state index in [0.717, 1.165) is 18.4 Å². The monoisotopic (exact) mass is 244 g/mol. The SMILES string of the molecule is O=C(O)CCCCc1ccc(OC(F)F)cc1. The van der Waals surface area contributed by atoms with Gasteiger partial charge in [-0.05, 0) is 37.0 Å². The molecule has 0 aromatic heterocycles. The van der Waals surface area contributed by atoms with Crippen molar-refractivity contribution in [2.24, 2.45) is 0 Å². The summed E-state index contributed by atoms with van der Waals surface area (Å²) in [5, 5.41) is 8.44. The summed E-state index contributed by atoms with van der Waals surface area (Å²) in [5.41, 5.74) is 0.983. The normalized spacial score (nSPS) is 10.5. The first-order chi connectivity index (χ1) is 8.08. The van der Waals surface area contributed by atoms with E-state index in [4.69, 9.17) is 5.11 Å². The van der Waals surface area contributed by atoms with Crippen LogP contribution in [0.25, 0.3) is 0 Å². The Kier molecular flexibility index (Phi) is 5.39. The van der Waals surface area contributed by atoms with E-state index in [0.29, 0.717) is 6.42 Å². The molecule has 0 unspecified atom stereocenters. The van der Waals surface area contributed by atoms with Crippen LogP contribution in [0, 0.1) is 0 Å². The molecule has 17 heavy (non-hydrogen) atoms. The number of rotatable bonds is 7. The molecule has 0 amide bonds. The van der Waals surface area contributed by atoms with Crippen molar-refractivity contribution < 1.29 is 23.4 Å². The van der Waals surface area contributed by atoms with E-state index in [1.54, 1.807) is 12.1 Å². The van der Waals surface area contributed by atoms with E-state index >= 15 is 0 Å². The first kappa shape index (κ1) is 13.4. The van der Waals surface area contributed by atoms with Gasteiger partial charge in [0.1, 0.15) is 5.75 Å². The zero-order valence-electron chi connectivity index (χ0n) is 9.23. The first-order valence-corrected chi connectivity index (χ1v) is 5.33. The second-order valence-corrected chi connectivity index (χ2v) is 3.62. The molecule has 1 aromatic rings. The molecule has 1 rings (SSSR count). The van der Waals surface area contributed by atoms with Crippen LogP contribution in [0.2, 0.25) is 0 Å². The molecule has 0 fully saturated rings. The Balaban J connectivity index is 2.32. The fourth-order valence-corrected chi connectivity index (χ4v) is 1.44. The number of alkyl halides is 2. The molecule has 0 aliphatic rings. The van der Waals surface area contributed by atoms with Gasteiger partial charge in [-0.25, -0.2) is 0 Å². The maximum absolute atomic E-state index is 11.9. The molecule has 5 heteroatoms. The van der Waals surface area contributed by atoms with Crippen LogP contribution in [-0.2, 0) is 11.2 Å². The molecule has 0 saturated carbocycles. The molecule has 0 aliphatic heterocycles. The maximum atomic E-state index is 11.9. The number of halogens is 2. The highest BCUT2D eigenvalue weighted by Gasteiger charge is 2.03.